The number of carbonyl (C=O) groups excluding carboxylic acids is 7. The standard InChI is InChI=1S/C34H45NO18/c1-17(36)26(46-13-12-45-14-23-10-8-7-9-11-23)30-34(44,19(3)38)33(43,18(2)37)25(16-48-30)52-31-29(50-22(6)41)28(53-32(35)42)27(49-21(5)40)24(51-31)15-47-20(4)39/h7-11,24-31,43-44H,12-16H2,1-6H3,(H2,35,42)/t24-,25+,26?,27-,28+,29+,30-,31+,33+,34+/m1/s1. The summed E-state index contributed by atoms with van der Waals surface area (Å²) in [5.74, 6) is -5.97. The van der Waals surface area contributed by atoms with Gasteiger partial charge in [0.2, 0.25) is 0 Å². The van der Waals surface area contributed by atoms with Crippen LogP contribution < -0.4 is 5.73 Å². The lowest BCUT2D eigenvalue weighted by molar-refractivity contribution is -0.352. The number of amides is 1. The van der Waals surface area contributed by atoms with Gasteiger partial charge in [0, 0.05) is 20.8 Å². The Morgan fingerprint density at radius 2 is 1.42 bits per heavy atom. The lowest BCUT2D eigenvalue weighted by Crippen LogP contribution is -2.80. The summed E-state index contributed by atoms with van der Waals surface area (Å²) in [5.41, 5.74) is -0.311. The number of hydrogen-bond acceptors (Lipinski definition) is 18. The van der Waals surface area contributed by atoms with E-state index in [0.29, 0.717) is 0 Å². The van der Waals surface area contributed by atoms with Crippen molar-refractivity contribution in [3.63, 3.8) is 0 Å². The van der Waals surface area contributed by atoms with Crippen molar-refractivity contribution in [2.24, 2.45) is 5.73 Å². The van der Waals surface area contributed by atoms with Gasteiger partial charge in [-0.3, -0.25) is 28.8 Å². The SMILES string of the molecule is CC(=O)OC[C@H]1O[C@@H](O[C@H]2CO[C@H](C(OCCOCc3ccccc3)C(C)=O)[C@@](O)(C(C)=O)[C@]2(O)C(C)=O)[C@@H](OC(C)=O)[C@@H](OC(N)=O)[C@@H]1OC(C)=O. The van der Waals surface area contributed by atoms with Crippen LogP contribution in [0.5, 0.6) is 0 Å². The van der Waals surface area contributed by atoms with E-state index < -0.39 is 115 Å². The van der Waals surface area contributed by atoms with Crippen LogP contribution in [0.1, 0.15) is 47.1 Å². The third-order valence-electron chi connectivity index (χ3n) is 8.47. The van der Waals surface area contributed by atoms with E-state index in [2.05, 4.69) is 0 Å². The van der Waals surface area contributed by atoms with Crippen LogP contribution in [0, 0.1) is 0 Å². The van der Waals surface area contributed by atoms with Crippen molar-refractivity contribution in [1.29, 1.82) is 0 Å². The monoisotopic (exact) mass is 755 g/mol. The number of ether oxygens (including phenoxy) is 9. The van der Waals surface area contributed by atoms with Crippen LogP contribution in [0.3, 0.4) is 0 Å². The number of carbonyl (C=O) groups is 7. The first-order valence-corrected chi connectivity index (χ1v) is 16.4. The molecule has 3 rings (SSSR count). The number of nitrogens with two attached hydrogens (primary N) is 1. The Bertz CT molecular complexity index is 1500. The van der Waals surface area contributed by atoms with Gasteiger partial charge in [-0.05, 0) is 26.3 Å². The molecule has 0 aromatic heterocycles. The van der Waals surface area contributed by atoms with E-state index in [1.54, 1.807) is 0 Å². The number of Topliss-reactive ketones (excluding diaryl/α,β-unsaturated/α-hetero) is 3. The fourth-order valence-electron chi connectivity index (χ4n) is 6.12. The average molecular weight is 756 g/mol. The summed E-state index contributed by atoms with van der Waals surface area (Å²) in [6, 6.07) is 9.14. The molecule has 0 aliphatic carbocycles. The molecule has 19 heteroatoms. The number of rotatable bonds is 17. The Balaban J connectivity index is 2.00. The zero-order valence-electron chi connectivity index (χ0n) is 30.0. The molecule has 2 aliphatic rings. The number of esters is 3. The van der Waals surface area contributed by atoms with Crippen LogP contribution in [0.15, 0.2) is 30.3 Å². The van der Waals surface area contributed by atoms with E-state index in [0.717, 1.165) is 47.1 Å². The highest BCUT2D eigenvalue weighted by Crippen LogP contribution is 2.42. The Morgan fingerprint density at radius 1 is 0.811 bits per heavy atom. The molecular weight excluding hydrogens is 710 g/mol. The molecule has 4 N–H and O–H groups in total. The summed E-state index contributed by atoms with van der Waals surface area (Å²) in [5, 5.41) is 24.2. The van der Waals surface area contributed by atoms with E-state index in [1.165, 1.54) is 0 Å². The predicted octanol–water partition coefficient (Wildman–Crippen LogP) is -0.783. The Hall–Kier alpha value is -4.37. The van der Waals surface area contributed by atoms with Gasteiger partial charge in [0.15, 0.2) is 53.2 Å². The maximum atomic E-state index is 13.4. The summed E-state index contributed by atoms with van der Waals surface area (Å²) >= 11 is 0. The zero-order chi connectivity index (χ0) is 39.7. The van der Waals surface area contributed by atoms with E-state index in [9.17, 15) is 43.8 Å². The molecule has 2 fully saturated rings. The highest BCUT2D eigenvalue weighted by atomic mass is 16.7. The molecule has 1 aromatic rings. The van der Waals surface area contributed by atoms with Crippen LogP contribution in [-0.2, 0) is 78.0 Å². The van der Waals surface area contributed by atoms with Gasteiger partial charge >= 0.3 is 24.0 Å². The molecule has 0 bridgehead atoms. The molecule has 1 amide bonds. The largest absolute Gasteiger partial charge is 0.463 e. The smallest absolute Gasteiger partial charge is 0.405 e. The first-order valence-electron chi connectivity index (χ1n) is 16.4. The topological polar surface area (TPSA) is 269 Å². The maximum absolute atomic E-state index is 13.4. The first-order chi connectivity index (χ1) is 24.8. The molecule has 1 unspecified atom stereocenters. The van der Waals surface area contributed by atoms with Gasteiger partial charge in [-0.15, -0.1) is 0 Å². The highest BCUT2D eigenvalue weighted by Gasteiger charge is 2.71. The van der Waals surface area contributed by atoms with E-state index in [1.807, 2.05) is 30.3 Å². The molecule has 19 nitrogen and oxygen atoms in total. The summed E-state index contributed by atoms with van der Waals surface area (Å²) < 4.78 is 49.7. The third kappa shape index (κ3) is 10.2. The molecular formula is C34H45NO18. The van der Waals surface area contributed by atoms with E-state index >= 15 is 0 Å². The minimum Gasteiger partial charge on any atom is -0.463 e. The lowest BCUT2D eigenvalue weighted by atomic mass is 9.67. The van der Waals surface area contributed by atoms with Gasteiger partial charge in [0.05, 0.1) is 26.4 Å². The molecule has 53 heavy (non-hydrogen) atoms. The van der Waals surface area contributed by atoms with Gasteiger partial charge in [-0.2, -0.15) is 0 Å². The third-order valence-corrected chi connectivity index (χ3v) is 8.47. The average Bonchev–Trinajstić information content (AvgIpc) is 3.06. The first kappa shape index (κ1) is 43.0. The zero-order valence-corrected chi connectivity index (χ0v) is 30.0. The van der Waals surface area contributed by atoms with Crippen molar-refractivity contribution < 1.29 is 86.4 Å². The summed E-state index contributed by atoms with van der Waals surface area (Å²) in [7, 11) is 0. The van der Waals surface area contributed by atoms with Crippen molar-refractivity contribution in [3.05, 3.63) is 35.9 Å². The highest BCUT2D eigenvalue weighted by molar-refractivity contribution is 5.99. The maximum Gasteiger partial charge on any atom is 0.405 e. The second kappa shape index (κ2) is 18.6. The van der Waals surface area contributed by atoms with Crippen molar-refractivity contribution in [1.82, 2.24) is 0 Å². The van der Waals surface area contributed by atoms with E-state index in [4.69, 9.17) is 48.4 Å². The molecule has 1 aromatic carbocycles. The molecule has 294 valence electrons. The van der Waals surface area contributed by atoms with Gasteiger partial charge in [0.1, 0.15) is 31.0 Å². The second-order valence-electron chi connectivity index (χ2n) is 12.4. The van der Waals surface area contributed by atoms with Gasteiger partial charge < -0.3 is 58.6 Å². The van der Waals surface area contributed by atoms with Gasteiger partial charge in [0.25, 0.3) is 0 Å². The fourth-order valence-corrected chi connectivity index (χ4v) is 6.12. The fraction of sp³-hybridized carbons (Fsp3) is 0.618. The summed E-state index contributed by atoms with van der Waals surface area (Å²) in [4.78, 5) is 87.6. The molecule has 2 heterocycles. The summed E-state index contributed by atoms with van der Waals surface area (Å²) in [6.45, 7) is 4.18. The quantitative estimate of drug-likeness (QED) is 0.0999. The minimum atomic E-state index is -3.23. The number of benzene rings is 1. The van der Waals surface area contributed by atoms with Crippen molar-refractivity contribution in [2.45, 2.75) is 108 Å². The molecule has 2 aliphatic heterocycles. The second-order valence-corrected chi connectivity index (χ2v) is 12.4. The van der Waals surface area contributed by atoms with Crippen LogP contribution in [-0.4, -0.2) is 138 Å². The Kier molecular flexibility index (Phi) is 15.1. The van der Waals surface area contributed by atoms with Crippen LogP contribution in [0.2, 0.25) is 0 Å². The Morgan fingerprint density at radius 3 is 1.94 bits per heavy atom. The lowest BCUT2D eigenvalue weighted by Gasteiger charge is -2.54. The van der Waals surface area contributed by atoms with Gasteiger partial charge in [-0.25, -0.2) is 4.79 Å². The van der Waals surface area contributed by atoms with Crippen LogP contribution >= 0.6 is 0 Å². The molecule has 10 atom stereocenters. The minimum absolute atomic E-state index is 0.0411. The molecule has 0 saturated carbocycles. The Labute approximate surface area is 304 Å². The van der Waals surface area contributed by atoms with Crippen molar-refractivity contribution in [2.75, 3.05) is 26.4 Å². The number of hydrogen-bond donors (Lipinski definition) is 3. The number of primary amides is 1. The predicted molar refractivity (Wildman–Crippen MR) is 173 cm³/mol. The molecule has 2 saturated heterocycles. The van der Waals surface area contributed by atoms with Crippen molar-refractivity contribution in [3.8, 4) is 0 Å². The number of aliphatic hydroxyl groups is 2. The summed E-state index contributed by atoms with van der Waals surface area (Å²) in [6.07, 6.45) is -16.0. The van der Waals surface area contributed by atoms with Gasteiger partial charge in [-0.1, -0.05) is 30.3 Å². The molecule has 0 radical (unpaired) electrons. The van der Waals surface area contributed by atoms with Crippen LogP contribution in [0.4, 0.5) is 4.79 Å². The normalized spacial score (nSPS) is 30.3. The molecule has 0 spiro atoms. The van der Waals surface area contributed by atoms with Crippen LogP contribution in [0.25, 0.3) is 0 Å². The van der Waals surface area contributed by atoms with E-state index in [-0.39, 0.29) is 19.8 Å². The number of ketones is 3. The van der Waals surface area contributed by atoms with Crippen molar-refractivity contribution >= 4 is 41.4 Å².